The molecule has 0 unspecified atom stereocenters. The molecular weight excluding hydrogens is 350 g/mol. The van der Waals surface area contributed by atoms with Crippen molar-refractivity contribution >= 4 is 5.91 Å². The topological polar surface area (TPSA) is 56.1 Å². The van der Waals surface area contributed by atoms with E-state index < -0.39 is 0 Å². The summed E-state index contributed by atoms with van der Waals surface area (Å²) >= 11 is 0. The standard InChI is InChI=1S/C23H27N3O2/c1-17(2)21-9-8-18(3)12-22(21)28-16-23(27)24-14-19-6-4-7-20(13-19)15-26-11-5-10-25-26/h4-13,17H,14-16H2,1-3H3,(H,24,27). The highest BCUT2D eigenvalue weighted by Crippen LogP contribution is 2.27. The Kier molecular flexibility index (Phi) is 6.48. The van der Waals surface area contributed by atoms with E-state index in [1.807, 2.05) is 42.1 Å². The second-order valence-corrected chi connectivity index (χ2v) is 7.28. The van der Waals surface area contributed by atoms with E-state index >= 15 is 0 Å². The van der Waals surface area contributed by atoms with E-state index in [4.69, 9.17) is 4.74 Å². The number of rotatable bonds is 8. The number of carbonyl (C=O) groups excluding carboxylic acids is 1. The summed E-state index contributed by atoms with van der Waals surface area (Å²) in [5, 5.41) is 7.16. The summed E-state index contributed by atoms with van der Waals surface area (Å²) in [7, 11) is 0. The largest absolute Gasteiger partial charge is 0.483 e. The van der Waals surface area contributed by atoms with Crippen LogP contribution in [0.2, 0.25) is 0 Å². The van der Waals surface area contributed by atoms with Gasteiger partial charge < -0.3 is 10.1 Å². The smallest absolute Gasteiger partial charge is 0.258 e. The molecule has 0 aliphatic heterocycles. The quantitative estimate of drug-likeness (QED) is 0.644. The van der Waals surface area contributed by atoms with Crippen LogP contribution in [0.1, 0.15) is 42.0 Å². The summed E-state index contributed by atoms with van der Waals surface area (Å²) in [6, 6.07) is 16.2. The van der Waals surface area contributed by atoms with Crippen LogP contribution in [0.3, 0.4) is 0 Å². The third-order valence-corrected chi connectivity index (χ3v) is 4.53. The molecule has 0 radical (unpaired) electrons. The van der Waals surface area contributed by atoms with Crippen molar-refractivity contribution in [2.45, 2.75) is 39.8 Å². The Hall–Kier alpha value is -3.08. The van der Waals surface area contributed by atoms with Crippen LogP contribution in [0.5, 0.6) is 5.75 Å². The maximum absolute atomic E-state index is 12.2. The van der Waals surface area contributed by atoms with Gasteiger partial charge in [0.2, 0.25) is 0 Å². The highest BCUT2D eigenvalue weighted by molar-refractivity contribution is 5.77. The van der Waals surface area contributed by atoms with Gasteiger partial charge in [0, 0.05) is 18.9 Å². The maximum Gasteiger partial charge on any atom is 0.258 e. The van der Waals surface area contributed by atoms with Crippen LogP contribution in [0.4, 0.5) is 0 Å². The van der Waals surface area contributed by atoms with Gasteiger partial charge in [-0.2, -0.15) is 5.10 Å². The second-order valence-electron chi connectivity index (χ2n) is 7.28. The molecule has 1 heterocycles. The Bertz CT molecular complexity index is 917. The lowest BCUT2D eigenvalue weighted by atomic mass is 10.0. The molecular formula is C23H27N3O2. The Balaban J connectivity index is 1.53. The predicted octanol–water partition coefficient (Wildman–Crippen LogP) is 4.06. The molecule has 3 rings (SSSR count). The second kappa shape index (κ2) is 9.22. The van der Waals surface area contributed by atoms with Gasteiger partial charge in [0.1, 0.15) is 5.75 Å². The first kappa shape index (κ1) is 19.7. The SMILES string of the molecule is Cc1ccc(C(C)C)c(OCC(=O)NCc2cccc(Cn3cccn3)c2)c1. The summed E-state index contributed by atoms with van der Waals surface area (Å²) in [6.07, 6.45) is 3.70. The summed E-state index contributed by atoms with van der Waals surface area (Å²) in [5.41, 5.74) is 4.43. The van der Waals surface area contributed by atoms with Gasteiger partial charge in [-0.15, -0.1) is 0 Å². The van der Waals surface area contributed by atoms with Crippen molar-refractivity contribution in [3.05, 3.63) is 83.2 Å². The van der Waals surface area contributed by atoms with Crippen molar-refractivity contribution < 1.29 is 9.53 Å². The number of aryl methyl sites for hydroxylation is 1. The minimum Gasteiger partial charge on any atom is -0.483 e. The van der Waals surface area contributed by atoms with E-state index in [9.17, 15) is 4.79 Å². The molecule has 1 aromatic heterocycles. The summed E-state index contributed by atoms with van der Waals surface area (Å²) in [5.74, 6) is 0.997. The minimum atomic E-state index is -0.131. The van der Waals surface area contributed by atoms with Crippen molar-refractivity contribution in [1.82, 2.24) is 15.1 Å². The number of nitrogens with one attached hydrogen (secondary N) is 1. The summed E-state index contributed by atoms with van der Waals surface area (Å²) < 4.78 is 7.67. The van der Waals surface area contributed by atoms with E-state index in [1.165, 1.54) is 0 Å². The number of ether oxygens (including phenoxy) is 1. The lowest BCUT2D eigenvalue weighted by molar-refractivity contribution is -0.123. The van der Waals surface area contributed by atoms with Crippen LogP contribution >= 0.6 is 0 Å². The molecule has 146 valence electrons. The van der Waals surface area contributed by atoms with Crippen molar-refractivity contribution in [2.75, 3.05) is 6.61 Å². The fourth-order valence-corrected chi connectivity index (χ4v) is 3.06. The normalized spacial score (nSPS) is 10.9. The van der Waals surface area contributed by atoms with Crippen LogP contribution in [-0.4, -0.2) is 22.3 Å². The van der Waals surface area contributed by atoms with Gasteiger partial charge in [0.25, 0.3) is 5.91 Å². The van der Waals surface area contributed by atoms with Gasteiger partial charge in [-0.3, -0.25) is 9.48 Å². The Morgan fingerprint density at radius 2 is 1.96 bits per heavy atom. The highest BCUT2D eigenvalue weighted by atomic mass is 16.5. The van der Waals surface area contributed by atoms with E-state index in [-0.39, 0.29) is 12.5 Å². The predicted molar refractivity (Wildman–Crippen MR) is 110 cm³/mol. The van der Waals surface area contributed by atoms with E-state index in [1.54, 1.807) is 6.20 Å². The van der Waals surface area contributed by atoms with Crippen LogP contribution in [-0.2, 0) is 17.9 Å². The first-order valence-corrected chi connectivity index (χ1v) is 9.56. The number of aromatic nitrogens is 2. The van der Waals surface area contributed by atoms with Gasteiger partial charge in [0.15, 0.2) is 6.61 Å². The van der Waals surface area contributed by atoms with Crippen LogP contribution in [0, 0.1) is 6.92 Å². The zero-order chi connectivity index (χ0) is 19.9. The highest BCUT2D eigenvalue weighted by Gasteiger charge is 2.10. The Morgan fingerprint density at radius 1 is 1.14 bits per heavy atom. The van der Waals surface area contributed by atoms with Gasteiger partial charge in [-0.05, 0) is 47.2 Å². The van der Waals surface area contributed by atoms with Gasteiger partial charge >= 0.3 is 0 Å². The van der Waals surface area contributed by atoms with Crippen LogP contribution < -0.4 is 10.1 Å². The van der Waals surface area contributed by atoms with E-state index in [0.717, 1.165) is 28.0 Å². The number of hydrogen-bond donors (Lipinski definition) is 1. The van der Waals surface area contributed by atoms with Crippen molar-refractivity contribution in [3.8, 4) is 5.75 Å². The zero-order valence-corrected chi connectivity index (χ0v) is 16.7. The summed E-state index contributed by atoms with van der Waals surface area (Å²) in [6.45, 7) is 7.45. The van der Waals surface area contributed by atoms with Crippen LogP contribution in [0.25, 0.3) is 0 Å². The number of hydrogen-bond acceptors (Lipinski definition) is 3. The molecule has 2 aromatic carbocycles. The molecule has 0 aliphatic rings. The molecule has 3 aromatic rings. The molecule has 0 saturated heterocycles. The van der Waals surface area contributed by atoms with Gasteiger partial charge in [0.05, 0.1) is 6.54 Å². The molecule has 0 atom stereocenters. The average molecular weight is 377 g/mol. The lowest BCUT2D eigenvalue weighted by Gasteiger charge is -2.15. The molecule has 0 fully saturated rings. The minimum absolute atomic E-state index is 0.0101. The molecule has 0 saturated carbocycles. The summed E-state index contributed by atoms with van der Waals surface area (Å²) in [4.78, 5) is 12.2. The average Bonchev–Trinajstić information content (AvgIpc) is 3.18. The number of carbonyl (C=O) groups is 1. The Morgan fingerprint density at radius 3 is 2.71 bits per heavy atom. The maximum atomic E-state index is 12.2. The first-order chi connectivity index (χ1) is 13.5. The van der Waals surface area contributed by atoms with Crippen molar-refractivity contribution in [1.29, 1.82) is 0 Å². The van der Waals surface area contributed by atoms with E-state index in [2.05, 4.69) is 48.5 Å². The number of amides is 1. The molecule has 0 spiro atoms. The molecule has 5 nitrogen and oxygen atoms in total. The van der Waals surface area contributed by atoms with Crippen molar-refractivity contribution in [2.24, 2.45) is 0 Å². The van der Waals surface area contributed by atoms with Gasteiger partial charge in [-0.1, -0.05) is 50.2 Å². The van der Waals surface area contributed by atoms with Gasteiger partial charge in [-0.25, -0.2) is 0 Å². The number of nitrogens with zero attached hydrogens (tertiary/aromatic N) is 2. The molecule has 0 bridgehead atoms. The molecule has 1 N–H and O–H groups in total. The third-order valence-electron chi connectivity index (χ3n) is 4.53. The Labute approximate surface area is 166 Å². The first-order valence-electron chi connectivity index (χ1n) is 9.56. The third kappa shape index (κ3) is 5.46. The molecule has 28 heavy (non-hydrogen) atoms. The molecule has 5 heteroatoms. The van der Waals surface area contributed by atoms with E-state index in [0.29, 0.717) is 19.0 Å². The molecule has 0 aliphatic carbocycles. The van der Waals surface area contributed by atoms with Crippen molar-refractivity contribution in [3.63, 3.8) is 0 Å². The lowest BCUT2D eigenvalue weighted by Crippen LogP contribution is -2.28. The molecule has 1 amide bonds. The fraction of sp³-hybridized carbons (Fsp3) is 0.304. The monoisotopic (exact) mass is 377 g/mol. The fourth-order valence-electron chi connectivity index (χ4n) is 3.06. The number of benzene rings is 2. The van der Waals surface area contributed by atoms with Crippen LogP contribution in [0.15, 0.2) is 60.9 Å². The zero-order valence-electron chi connectivity index (χ0n) is 16.7.